The Kier molecular flexibility index (Phi) is 5.72. The molecule has 2 atom stereocenters. The van der Waals surface area contributed by atoms with Crippen LogP contribution in [0.4, 0.5) is 4.39 Å². The monoisotopic (exact) mass is 398 g/mol. The third-order valence-electron chi connectivity index (χ3n) is 6.11. The molecule has 154 valence electrons. The van der Waals surface area contributed by atoms with Gasteiger partial charge in [0.05, 0.1) is 26.8 Å². The van der Waals surface area contributed by atoms with E-state index < -0.39 is 0 Å². The molecular weight excluding hydrogens is 371 g/mol. The lowest BCUT2D eigenvalue weighted by Gasteiger charge is -2.42. The minimum absolute atomic E-state index is 0.00320. The number of amides is 1. The molecule has 6 heteroatoms. The van der Waals surface area contributed by atoms with Crippen LogP contribution < -0.4 is 9.47 Å². The van der Waals surface area contributed by atoms with Crippen molar-refractivity contribution < 1.29 is 18.7 Å². The first-order valence-corrected chi connectivity index (χ1v) is 10.1. The summed E-state index contributed by atoms with van der Waals surface area (Å²) < 4.78 is 25.0. The molecule has 2 aromatic carbocycles. The zero-order chi connectivity index (χ0) is 20.4. The van der Waals surface area contributed by atoms with Gasteiger partial charge in [0.1, 0.15) is 17.3 Å². The maximum absolute atomic E-state index is 14.2. The summed E-state index contributed by atoms with van der Waals surface area (Å²) in [5.41, 5.74) is 1.69. The number of carbonyl (C=O) groups is 1. The number of hydrogen-bond donors (Lipinski definition) is 0. The van der Waals surface area contributed by atoms with E-state index in [0.717, 1.165) is 49.4 Å². The van der Waals surface area contributed by atoms with E-state index in [1.165, 1.54) is 6.07 Å². The van der Waals surface area contributed by atoms with Crippen LogP contribution in [0.15, 0.2) is 42.5 Å². The number of methoxy groups -OCH3 is 2. The van der Waals surface area contributed by atoms with Crippen molar-refractivity contribution in [2.45, 2.75) is 31.3 Å². The normalized spacial score (nSPS) is 21.7. The minimum Gasteiger partial charge on any atom is -0.497 e. The van der Waals surface area contributed by atoms with Gasteiger partial charge in [-0.2, -0.15) is 0 Å². The van der Waals surface area contributed by atoms with Crippen LogP contribution in [0.2, 0.25) is 0 Å². The summed E-state index contributed by atoms with van der Waals surface area (Å²) in [6.45, 7) is 1.86. The molecule has 2 aliphatic heterocycles. The van der Waals surface area contributed by atoms with E-state index in [9.17, 15) is 9.18 Å². The van der Waals surface area contributed by atoms with E-state index >= 15 is 0 Å². The molecular formula is C23H27FN2O3. The second kappa shape index (κ2) is 8.41. The van der Waals surface area contributed by atoms with Gasteiger partial charge < -0.3 is 14.4 Å². The van der Waals surface area contributed by atoms with Gasteiger partial charge in [0.2, 0.25) is 5.91 Å². The highest BCUT2D eigenvalue weighted by atomic mass is 19.1. The van der Waals surface area contributed by atoms with E-state index in [1.807, 2.05) is 35.2 Å². The van der Waals surface area contributed by atoms with Gasteiger partial charge in [-0.3, -0.25) is 9.69 Å². The summed E-state index contributed by atoms with van der Waals surface area (Å²) in [6, 6.07) is 12.6. The number of rotatable bonds is 6. The molecule has 2 fully saturated rings. The van der Waals surface area contributed by atoms with Gasteiger partial charge in [0.15, 0.2) is 0 Å². The Morgan fingerprint density at radius 3 is 2.55 bits per heavy atom. The summed E-state index contributed by atoms with van der Waals surface area (Å²) in [5, 5.41) is 0. The molecule has 4 rings (SSSR count). The highest BCUT2D eigenvalue weighted by Crippen LogP contribution is 2.40. The smallest absolute Gasteiger partial charge is 0.237 e. The lowest BCUT2D eigenvalue weighted by atomic mass is 9.94. The maximum atomic E-state index is 14.2. The average molecular weight is 398 g/mol. The van der Waals surface area contributed by atoms with Gasteiger partial charge in [-0.05, 0) is 37.5 Å². The summed E-state index contributed by atoms with van der Waals surface area (Å²) >= 11 is 0. The topological polar surface area (TPSA) is 42.0 Å². The van der Waals surface area contributed by atoms with E-state index in [0.29, 0.717) is 12.1 Å². The van der Waals surface area contributed by atoms with Gasteiger partial charge >= 0.3 is 0 Å². The Balaban J connectivity index is 1.48. The number of halogens is 1. The first-order valence-electron chi connectivity index (χ1n) is 10.1. The first kappa shape index (κ1) is 19.7. The molecule has 2 aliphatic rings. The third kappa shape index (κ3) is 3.81. The summed E-state index contributed by atoms with van der Waals surface area (Å²) in [4.78, 5) is 17.2. The fraction of sp³-hybridized carbons (Fsp3) is 0.435. The summed E-state index contributed by atoms with van der Waals surface area (Å²) in [7, 11) is 3.26. The van der Waals surface area contributed by atoms with Crippen LogP contribution in [0.25, 0.3) is 0 Å². The molecule has 0 saturated carbocycles. The van der Waals surface area contributed by atoms with Gasteiger partial charge in [-0.1, -0.05) is 18.2 Å². The maximum Gasteiger partial charge on any atom is 0.237 e. The van der Waals surface area contributed by atoms with E-state index in [1.54, 1.807) is 20.3 Å². The number of ether oxygens (including phenoxy) is 2. The Labute approximate surface area is 171 Å². The molecule has 1 amide bonds. The van der Waals surface area contributed by atoms with Crippen LogP contribution >= 0.6 is 0 Å². The van der Waals surface area contributed by atoms with Crippen molar-refractivity contribution in [1.82, 2.24) is 9.80 Å². The van der Waals surface area contributed by atoms with Crippen molar-refractivity contribution >= 4 is 5.91 Å². The van der Waals surface area contributed by atoms with Crippen molar-refractivity contribution in [3.63, 3.8) is 0 Å². The predicted octanol–water partition coefficient (Wildman–Crippen LogP) is 3.95. The van der Waals surface area contributed by atoms with E-state index in [-0.39, 0.29) is 23.8 Å². The van der Waals surface area contributed by atoms with Crippen molar-refractivity contribution in [2.75, 3.05) is 33.9 Å². The van der Waals surface area contributed by atoms with Crippen LogP contribution in [0.1, 0.15) is 42.5 Å². The van der Waals surface area contributed by atoms with Crippen LogP contribution in [0.3, 0.4) is 0 Å². The van der Waals surface area contributed by atoms with Crippen LogP contribution in [0, 0.1) is 5.82 Å². The number of carbonyl (C=O) groups excluding carboxylic acids is 1. The number of nitrogens with zero attached hydrogens (tertiary/aromatic N) is 2. The predicted molar refractivity (Wildman–Crippen MR) is 109 cm³/mol. The molecule has 0 radical (unpaired) electrons. The largest absolute Gasteiger partial charge is 0.497 e. The Morgan fingerprint density at radius 1 is 1.03 bits per heavy atom. The molecule has 0 bridgehead atoms. The lowest BCUT2D eigenvalue weighted by molar-refractivity contribution is -0.135. The molecule has 0 spiro atoms. The summed E-state index contributed by atoms with van der Waals surface area (Å²) in [5.74, 6) is 1.36. The fourth-order valence-electron chi connectivity index (χ4n) is 4.47. The first-order chi connectivity index (χ1) is 14.1. The van der Waals surface area contributed by atoms with E-state index in [2.05, 4.69) is 4.90 Å². The van der Waals surface area contributed by atoms with Gasteiger partial charge in [0, 0.05) is 36.3 Å². The molecule has 2 heterocycles. The SMILES string of the molecule is COc1ccc([C@@H]2CCCN2C(=O)CN2CC[C@H]2c2ccccc2F)c(OC)c1. The Morgan fingerprint density at radius 2 is 1.86 bits per heavy atom. The minimum atomic E-state index is -0.198. The van der Waals surface area contributed by atoms with Gasteiger partial charge in [0.25, 0.3) is 0 Å². The zero-order valence-electron chi connectivity index (χ0n) is 16.9. The van der Waals surface area contributed by atoms with Crippen molar-refractivity contribution in [3.05, 3.63) is 59.4 Å². The Bertz CT molecular complexity index is 888. The molecule has 0 aromatic heterocycles. The van der Waals surface area contributed by atoms with Crippen molar-refractivity contribution in [3.8, 4) is 11.5 Å². The molecule has 2 aromatic rings. The van der Waals surface area contributed by atoms with Crippen LogP contribution in [0.5, 0.6) is 11.5 Å². The molecule has 0 N–H and O–H groups in total. The van der Waals surface area contributed by atoms with Gasteiger partial charge in [-0.15, -0.1) is 0 Å². The zero-order valence-corrected chi connectivity index (χ0v) is 16.9. The standard InChI is InChI=1S/C23H27FN2O3/c1-28-16-9-10-18(22(14-16)29-2)21-8-5-12-26(21)23(27)15-25-13-11-20(25)17-6-3-4-7-19(17)24/h3-4,6-7,9-10,14,20-21H,5,8,11-13,15H2,1-2H3/t20-,21-/m0/s1. The quantitative estimate of drug-likeness (QED) is 0.739. The average Bonchev–Trinajstić information content (AvgIpc) is 3.22. The number of benzene rings is 2. The molecule has 2 saturated heterocycles. The fourth-order valence-corrected chi connectivity index (χ4v) is 4.47. The molecule has 0 aliphatic carbocycles. The second-order valence-corrected chi connectivity index (χ2v) is 7.65. The summed E-state index contributed by atoms with van der Waals surface area (Å²) in [6.07, 6.45) is 2.75. The molecule has 0 unspecified atom stereocenters. The molecule has 5 nitrogen and oxygen atoms in total. The highest BCUT2D eigenvalue weighted by Gasteiger charge is 2.37. The Hall–Kier alpha value is -2.60. The van der Waals surface area contributed by atoms with E-state index in [4.69, 9.17) is 9.47 Å². The van der Waals surface area contributed by atoms with Gasteiger partial charge in [-0.25, -0.2) is 4.39 Å². The third-order valence-corrected chi connectivity index (χ3v) is 6.11. The molecule has 29 heavy (non-hydrogen) atoms. The van der Waals surface area contributed by atoms with Crippen molar-refractivity contribution in [2.24, 2.45) is 0 Å². The number of likely N-dealkylation sites (tertiary alicyclic amines) is 2. The number of hydrogen-bond acceptors (Lipinski definition) is 4. The van der Waals surface area contributed by atoms with Crippen LogP contribution in [-0.4, -0.2) is 49.6 Å². The second-order valence-electron chi connectivity index (χ2n) is 7.65. The highest BCUT2D eigenvalue weighted by molar-refractivity contribution is 5.79. The van der Waals surface area contributed by atoms with Crippen molar-refractivity contribution in [1.29, 1.82) is 0 Å². The lowest BCUT2D eigenvalue weighted by Crippen LogP contribution is -2.48. The van der Waals surface area contributed by atoms with Crippen LogP contribution in [-0.2, 0) is 4.79 Å².